The van der Waals surface area contributed by atoms with Crippen LogP contribution in [0.4, 0.5) is 13.2 Å². The van der Waals surface area contributed by atoms with Crippen molar-refractivity contribution in [3.05, 3.63) is 0 Å². The van der Waals surface area contributed by atoms with Gasteiger partial charge in [-0.05, 0) is 25.7 Å². The van der Waals surface area contributed by atoms with Gasteiger partial charge >= 0.3 is 6.18 Å². The van der Waals surface area contributed by atoms with Crippen molar-refractivity contribution < 1.29 is 18.0 Å². The number of hydrogen-bond donors (Lipinski definition) is 0. The molecule has 0 N–H and O–H groups in total. The monoisotopic (exact) mass is 208 g/mol. The molecule has 82 valence electrons. The van der Waals surface area contributed by atoms with Gasteiger partial charge in [0.2, 0.25) is 0 Å². The van der Waals surface area contributed by atoms with E-state index in [9.17, 15) is 18.0 Å². The third kappa shape index (κ3) is 3.00. The van der Waals surface area contributed by atoms with E-state index in [1.807, 2.05) is 0 Å². The lowest BCUT2D eigenvalue weighted by Crippen LogP contribution is -2.33. The third-order valence-corrected chi connectivity index (χ3v) is 2.88. The normalized spacial score (nSPS) is 28.9. The number of halogens is 3. The Morgan fingerprint density at radius 1 is 1.29 bits per heavy atom. The zero-order chi connectivity index (χ0) is 10.8. The molecule has 0 bridgehead atoms. The molecule has 1 nitrogen and oxygen atoms in total. The van der Waals surface area contributed by atoms with E-state index < -0.39 is 18.0 Å². The molecule has 1 aliphatic rings. The molecule has 14 heavy (non-hydrogen) atoms. The summed E-state index contributed by atoms with van der Waals surface area (Å²) in [4.78, 5) is 10.8. The van der Waals surface area contributed by atoms with E-state index in [0.717, 1.165) is 6.42 Å². The quantitative estimate of drug-likeness (QED) is 0.680. The van der Waals surface area contributed by atoms with Crippen LogP contribution in [0, 0.1) is 11.8 Å². The molecule has 0 radical (unpaired) electrons. The lowest BCUT2D eigenvalue weighted by atomic mass is 9.76. The summed E-state index contributed by atoms with van der Waals surface area (Å²) in [7, 11) is 0. The maximum Gasteiger partial charge on any atom is 0.392 e. The van der Waals surface area contributed by atoms with E-state index >= 15 is 0 Å². The van der Waals surface area contributed by atoms with E-state index in [0.29, 0.717) is 12.8 Å². The molecule has 0 aromatic heterocycles. The van der Waals surface area contributed by atoms with Crippen LogP contribution < -0.4 is 0 Å². The fourth-order valence-electron chi connectivity index (χ4n) is 2.25. The van der Waals surface area contributed by atoms with E-state index in [4.69, 9.17) is 0 Å². The second-order valence-electron chi connectivity index (χ2n) is 4.10. The van der Waals surface area contributed by atoms with Crippen LogP contribution in [0.5, 0.6) is 0 Å². The molecule has 0 aromatic rings. The first kappa shape index (κ1) is 11.5. The van der Waals surface area contributed by atoms with Crippen LogP contribution in [0.3, 0.4) is 0 Å². The largest absolute Gasteiger partial charge is 0.392 e. The van der Waals surface area contributed by atoms with E-state index in [1.165, 1.54) is 6.92 Å². The van der Waals surface area contributed by atoms with Gasteiger partial charge in [0.05, 0.1) is 5.92 Å². The molecule has 2 atom stereocenters. The van der Waals surface area contributed by atoms with Gasteiger partial charge in [0, 0.05) is 6.42 Å². The molecule has 0 spiro atoms. The fraction of sp³-hybridized carbons (Fsp3) is 0.900. The predicted molar refractivity (Wildman–Crippen MR) is 46.8 cm³/mol. The zero-order valence-corrected chi connectivity index (χ0v) is 8.23. The Bertz CT molecular complexity index is 210. The van der Waals surface area contributed by atoms with Crippen molar-refractivity contribution >= 4 is 5.78 Å². The summed E-state index contributed by atoms with van der Waals surface area (Å²) in [6.07, 6.45) is -1.83. The molecule has 2 unspecified atom stereocenters. The summed E-state index contributed by atoms with van der Waals surface area (Å²) < 4.78 is 37.6. The first-order valence-corrected chi connectivity index (χ1v) is 4.97. The standard InChI is InChI=1S/C10H15F3O/c1-7(14)6-8-4-2-3-5-9(8)10(11,12)13/h8-9H,2-6H2,1H3. The van der Waals surface area contributed by atoms with Crippen molar-refractivity contribution in [2.75, 3.05) is 0 Å². The fourth-order valence-corrected chi connectivity index (χ4v) is 2.25. The van der Waals surface area contributed by atoms with E-state index in [2.05, 4.69) is 0 Å². The first-order chi connectivity index (χ1) is 6.41. The molecular formula is C10H15F3O. The van der Waals surface area contributed by atoms with Gasteiger partial charge in [-0.25, -0.2) is 0 Å². The Morgan fingerprint density at radius 2 is 1.86 bits per heavy atom. The summed E-state index contributed by atoms with van der Waals surface area (Å²) in [6.45, 7) is 1.36. The second-order valence-corrected chi connectivity index (χ2v) is 4.10. The van der Waals surface area contributed by atoms with Crippen LogP contribution in [0.1, 0.15) is 39.0 Å². The first-order valence-electron chi connectivity index (χ1n) is 4.97. The van der Waals surface area contributed by atoms with Crippen LogP contribution in [0.25, 0.3) is 0 Å². The lowest BCUT2D eigenvalue weighted by Gasteiger charge is -2.32. The Morgan fingerprint density at radius 3 is 2.36 bits per heavy atom. The van der Waals surface area contributed by atoms with E-state index in [-0.39, 0.29) is 18.6 Å². The van der Waals surface area contributed by atoms with Crippen molar-refractivity contribution in [3.8, 4) is 0 Å². The molecule has 0 aliphatic heterocycles. The molecule has 0 saturated heterocycles. The van der Waals surface area contributed by atoms with Crippen LogP contribution >= 0.6 is 0 Å². The van der Waals surface area contributed by atoms with Gasteiger partial charge in [-0.1, -0.05) is 12.8 Å². The predicted octanol–water partition coefficient (Wildman–Crippen LogP) is 3.33. The second kappa shape index (κ2) is 4.32. The van der Waals surface area contributed by atoms with Crippen molar-refractivity contribution in [1.29, 1.82) is 0 Å². The Balaban J connectivity index is 2.64. The Labute approximate surface area is 81.7 Å². The molecule has 1 saturated carbocycles. The number of rotatable bonds is 2. The summed E-state index contributed by atoms with van der Waals surface area (Å²) in [5, 5.41) is 0. The molecule has 0 heterocycles. The average Bonchev–Trinajstić information content (AvgIpc) is 2.01. The highest BCUT2D eigenvalue weighted by molar-refractivity contribution is 5.75. The minimum absolute atomic E-state index is 0.0875. The topological polar surface area (TPSA) is 17.1 Å². The summed E-state index contributed by atoms with van der Waals surface area (Å²) in [6, 6.07) is 0. The minimum atomic E-state index is -4.12. The van der Waals surface area contributed by atoms with Crippen molar-refractivity contribution in [2.45, 2.75) is 45.2 Å². The number of alkyl halides is 3. The van der Waals surface area contributed by atoms with Crippen molar-refractivity contribution in [1.82, 2.24) is 0 Å². The maximum absolute atomic E-state index is 12.5. The number of carbonyl (C=O) groups excluding carboxylic acids is 1. The van der Waals surface area contributed by atoms with Gasteiger partial charge in [-0.15, -0.1) is 0 Å². The number of carbonyl (C=O) groups is 1. The number of hydrogen-bond acceptors (Lipinski definition) is 1. The van der Waals surface area contributed by atoms with Gasteiger partial charge in [0.25, 0.3) is 0 Å². The zero-order valence-electron chi connectivity index (χ0n) is 8.23. The highest BCUT2D eigenvalue weighted by atomic mass is 19.4. The van der Waals surface area contributed by atoms with Crippen molar-refractivity contribution in [2.24, 2.45) is 11.8 Å². The van der Waals surface area contributed by atoms with E-state index in [1.54, 1.807) is 0 Å². The Kier molecular flexibility index (Phi) is 3.56. The highest BCUT2D eigenvalue weighted by Gasteiger charge is 2.45. The van der Waals surface area contributed by atoms with Gasteiger partial charge in [0.15, 0.2) is 0 Å². The lowest BCUT2D eigenvalue weighted by molar-refractivity contribution is -0.196. The molecule has 0 amide bonds. The molecule has 1 aliphatic carbocycles. The van der Waals surface area contributed by atoms with Gasteiger partial charge in [0.1, 0.15) is 5.78 Å². The summed E-state index contributed by atoms with van der Waals surface area (Å²) in [5.74, 6) is -1.85. The summed E-state index contributed by atoms with van der Waals surface area (Å²) in [5.41, 5.74) is 0. The maximum atomic E-state index is 12.5. The smallest absolute Gasteiger partial charge is 0.300 e. The average molecular weight is 208 g/mol. The van der Waals surface area contributed by atoms with Gasteiger partial charge in [-0.2, -0.15) is 13.2 Å². The molecule has 0 aromatic carbocycles. The van der Waals surface area contributed by atoms with Crippen LogP contribution in [-0.4, -0.2) is 12.0 Å². The number of ketones is 1. The molecule has 4 heteroatoms. The minimum Gasteiger partial charge on any atom is -0.300 e. The SMILES string of the molecule is CC(=O)CC1CCCCC1C(F)(F)F. The Hall–Kier alpha value is -0.540. The number of Topliss-reactive ketones (excluding diaryl/α,β-unsaturated/α-hetero) is 1. The third-order valence-electron chi connectivity index (χ3n) is 2.88. The highest BCUT2D eigenvalue weighted by Crippen LogP contribution is 2.42. The van der Waals surface area contributed by atoms with Crippen LogP contribution in [0.15, 0.2) is 0 Å². The molecule has 1 rings (SSSR count). The molecule has 1 fully saturated rings. The van der Waals surface area contributed by atoms with Gasteiger partial charge in [-0.3, -0.25) is 0 Å². The van der Waals surface area contributed by atoms with Crippen LogP contribution in [-0.2, 0) is 4.79 Å². The molecular weight excluding hydrogens is 193 g/mol. The van der Waals surface area contributed by atoms with Crippen molar-refractivity contribution in [3.63, 3.8) is 0 Å². The van der Waals surface area contributed by atoms with Crippen LogP contribution in [0.2, 0.25) is 0 Å². The van der Waals surface area contributed by atoms with Gasteiger partial charge < -0.3 is 4.79 Å². The summed E-state index contributed by atoms with van der Waals surface area (Å²) >= 11 is 0.